The molecule has 4 heteroatoms. The molecule has 0 saturated heterocycles. The number of hydrogen-bond donors (Lipinski definition) is 2. The summed E-state index contributed by atoms with van der Waals surface area (Å²) in [6.45, 7) is 1.74. The number of nitrogens with zero attached hydrogens (tertiary/aromatic N) is 1. The van der Waals surface area contributed by atoms with Gasteiger partial charge in [-0.3, -0.25) is 4.79 Å². The van der Waals surface area contributed by atoms with E-state index < -0.39 is 5.60 Å². The average molecular weight is 342 g/mol. The van der Waals surface area contributed by atoms with Gasteiger partial charge >= 0.3 is 0 Å². The molecule has 0 aliphatic rings. The number of H-pyrrole nitrogens is 1. The van der Waals surface area contributed by atoms with Crippen LogP contribution >= 0.6 is 0 Å². The molecule has 0 saturated carbocycles. The standard InChI is InChI=1S/C22H18N2O2/c1-15-23-19-14-8-13-18(20(19)21(25)24-15)22(26,16-9-4-2-5-10-16)17-11-6-3-7-12-17/h2-14,26H,1H3,(H,23,24,25). The maximum absolute atomic E-state index is 12.7. The van der Waals surface area contributed by atoms with Crippen molar-refractivity contribution in [3.05, 3.63) is 112 Å². The Morgan fingerprint density at radius 1 is 0.846 bits per heavy atom. The lowest BCUT2D eigenvalue weighted by Crippen LogP contribution is -2.31. The van der Waals surface area contributed by atoms with Gasteiger partial charge in [-0.15, -0.1) is 0 Å². The number of aliphatic hydroxyl groups is 1. The summed E-state index contributed by atoms with van der Waals surface area (Å²) in [6, 6.07) is 24.1. The van der Waals surface area contributed by atoms with Gasteiger partial charge in [0.2, 0.25) is 0 Å². The van der Waals surface area contributed by atoms with Crippen molar-refractivity contribution in [3.8, 4) is 0 Å². The second kappa shape index (κ2) is 6.24. The van der Waals surface area contributed by atoms with E-state index in [-0.39, 0.29) is 5.56 Å². The summed E-state index contributed by atoms with van der Waals surface area (Å²) in [4.78, 5) is 19.9. The summed E-state index contributed by atoms with van der Waals surface area (Å²) < 4.78 is 0. The van der Waals surface area contributed by atoms with Gasteiger partial charge in [0.25, 0.3) is 5.56 Å². The predicted octanol–water partition coefficient (Wildman–Crippen LogP) is 3.52. The molecule has 0 bridgehead atoms. The summed E-state index contributed by atoms with van der Waals surface area (Å²) >= 11 is 0. The molecule has 0 amide bonds. The minimum atomic E-state index is -1.47. The smallest absolute Gasteiger partial charge is 0.259 e. The molecule has 0 aliphatic carbocycles. The Labute approximate surface area is 150 Å². The fourth-order valence-corrected chi connectivity index (χ4v) is 3.45. The molecule has 0 fully saturated rings. The Morgan fingerprint density at radius 3 is 2.00 bits per heavy atom. The molecule has 3 aromatic carbocycles. The van der Waals surface area contributed by atoms with Crippen molar-refractivity contribution in [2.75, 3.05) is 0 Å². The van der Waals surface area contributed by atoms with Gasteiger partial charge < -0.3 is 10.1 Å². The van der Waals surface area contributed by atoms with Gasteiger partial charge in [0.15, 0.2) is 0 Å². The minimum absolute atomic E-state index is 0.256. The van der Waals surface area contributed by atoms with Crippen molar-refractivity contribution < 1.29 is 5.11 Å². The van der Waals surface area contributed by atoms with E-state index in [0.29, 0.717) is 33.4 Å². The van der Waals surface area contributed by atoms with Crippen LogP contribution in [0.3, 0.4) is 0 Å². The molecule has 4 aromatic rings. The van der Waals surface area contributed by atoms with Crippen LogP contribution in [0, 0.1) is 6.92 Å². The number of aromatic amines is 1. The van der Waals surface area contributed by atoms with Gasteiger partial charge in [0, 0.05) is 5.56 Å². The molecule has 1 aromatic heterocycles. The number of rotatable bonds is 3. The first kappa shape index (κ1) is 16.2. The van der Waals surface area contributed by atoms with Crippen LogP contribution in [0.25, 0.3) is 10.9 Å². The van der Waals surface area contributed by atoms with Crippen molar-refractivity contribution in [2.45, 2.75) is 12.5 Å². The maximum atomic E-state index is 12.7. The largest absolute Gasteiger partial charge is 0.376 e. The van der Waals surface area contributed by atoms with E-state index in [0.717, 1.165) is 0 Å². The molecule has 4 rings (SSSR count). The highest BCUT2D eigenvalue weighted by atomic mass is 16.3. The molecule has 1 heterocycles. The summed E-state index contributed by atoms with van der Waals surface area (Å²) in [5, 5.41) is 12.3. The Balaban J connectivity index is 2.12. The minimum Gasteiger partial charge on any atom is -0.376 e. The predicted molar refractivity (Wildman–Crippen MR) is 102 cm³/mol. The fourth-order valence-electron chi connectivity index (χ4n) is 3.45. The van der Waals surface area contributed by atoms with Crippen LogP contribution in [0.4, 0.5) is 0 Å². The van der Waals surface area contributed by atoms with Crippen molar-refractivity contribution >= 4 is 10.9 Å². The second-order valence-corrected chi connectivity index (χ2v) is 6.29. The van der Waals surface area contributed by atoms with E-state index in [9.17, 15) is 9.90 Å². The van der Waals surface area contributed by atoms with E-state index in [2.05, 4.69) is 9.97 Å². The first-order valence-electron chi connectivity index (χ1n) is 8.44. The SMILES string of the molecule is Cc1nc2cccc(C(O)(c3ccccc3)c3ccccc3)c2c(=O)[nH]1. The van der Waals surface area contributed by atoms with Crippen LogP contribution in [-0.2, 0) is 5.60 Å². The third-order valence-electron chi connectivity index (χ3n) is 4.63. The topological polar surface area (TPSA) is 66.0 Å². The second-order valence-electron chi connectivity index (χ2n) is 6.29. The summed E-state index contributed by atoms with van der Waals surface area (Å²) in [5.74, 6) is 0.544. The zero-order valence-electron chi connectivity index (χ0n) is 14.3. The van der Waals surface area contributed by atoms with Gasteiger partial charge in [-0.1, -0.05) is 72.8 Å². The number of hydrogen-bond acceptors (Lipinski definition) is 3. The Kier molecular flexibility index (Phi) is 3.90. The van der Waals surface area contributed by atoms with E-state index >= 15 is 0 Å². The third kappa shape index (κ3) is 2.52. The van der Waals surface area contributed by atoms with Crippen LogP contribution in [-0.4, -0.2) is 15.1 Å². The molecular formula is C22H18N2O2. The van der Waals surface area contributed by atoms with Crippen LogP contribution in [0.1, 0.15) is 22.5 Å². The molecule has 2 N–H and O–H groups in total. The molecule has 0 radical (unpaired) electrons. The Hall–Kier alpha value is -3.24. The van der Waals surface area contributed by atoms with Crippen molar-refractivity contribution in [1.82, 2.24) is 9.97 Å². The lowest BCUT2D eigenvalue weighted by molar-refractivity contribution is 0.127. The third-order valence-corrected chi connectivity index (χ3v) is 4.63. The highest BCUT2D eigenvalue weighted by molar-refractivity contribution is 5.83. The molecule has 0 spiro atoms. The highest BCUT2D eigenvalue weighted by Crippen LogP contribution is 2.38. The first-order chi connectivity index (χ1) is 12.6. The number of nitrogens with one attached hydrogen (secondary N) is 1. The van der Waals surface area contributed by atoms with Crippen LogP contribution < -0.4 is 5.56 Å². The molecule has 26 heavy (non-hydrogen) atoms. The summed E-state index contributed by atoms with van der Waals surface area (Å²) in [6.07, 6.45) is 0. The molecule has 0 unspecified atom stereocenters. The van der Waals surface area contributed by atoms with Crippen molar-refractivity contribution in [2.24, 2.45) is 0 Å². The normalized spacial score (nSPS) is 11.6. The number of fused-ring (bicyclic) bond motifs is 1. The van der Waals surface area contributed by atoms with E-state index in [1.807, 2.05) is 66.7 Å². The zero-order valence-corrected chi connectivity index (χ0v) is 14.3. The van der Waals surface area contributed by atoms with Gasteiger partial charge in [-0.05, 0) is 24.1 Å². The number of aromatic nitrogens is 2. The van der Waals surface area contributed by atoms with Gasteiger partial charge in [-0.2, -0.15) is 0 Å². The fraction of sp³-hybridized carbons (Fsp3) is 0.0909. The molecule has 0 aliphatic heterocycles. The van der Waals surface area contributed by atoms with Crippen molar-refractivity contribution in [3.63, 3.8) is 0 Å². The van der Waals surface area contributed by atoms with Crippen LogP contribution in [0.15, 0.2) is 83.7 Å². The van der Waals surface area contributed by atoms with Crippen molar-refractivity contribution in [1.29, 1.82) is 0 Å². The van der Waals surface area contributed by atoms with E-state index in [1.54, 1.807) is 19.1 Å². The molecule has 128 valence electrons. The lowest BCUT2D eigenvalue weighted by atomic mass is 9.79. The monoisotopic (exact) mass is 342 g/mol. The summed E-state index contributed by atoms with van der Waals surface area (Å²) in [7, 11) is 0. The lowest BCUT2D eigenvalue weighted by Gasteiger charge is -2.30. The highest BCUT2D eigenvalue weighted by Gasteiger charge is 2.35. The quantitative estimate of drug-likeness (QED) is 0.560. The van der Waals surface area contributed by atoms with Gasteiger partial charge in [0.1, 0.15) is 11.4 Å². The first-order valence-corrected chi connectivity index (χ1v) is 8.44. The Bertz CT molecular complexity index is 1080. The number of aryl methyl sites for hydroxylation is 1. The van der Waals surface area contributed by atoms with E-state index in [1.165, 1.54) is 0 Å². The zero-order chi connectivity index (χ0) is 18.1. The average Bonchev–Trinajstić information content (AvgIpc) is 2.68. The van der Waals surface area contributed by atoms with Gasteiger partial charge in [-0.25, -0.2) is 4.98 Å². The van der Waals surface area contributed by atoms with Crippen LogP contribution in [0.2, 0.25) is 0 Å². The molecule has 4 nitrogen and oxygen atoms in total. The number of benzene rings is 3. The summed E-state index contributed by atoms with van der Waals surface area (Å²) in [5.41, 5.74) is 0.743. The molecular weight excluding hydrogens is 324 g/mol. The van der Waals surface area contributed by atoms with Crippen LogP contribution in [0.5, 0.6) is 0 Å². The Morgan fingerprint density at radius 2 is 1.42 bits per heavy atom. The van der Waals surface area contributed by atoms with Gasteiger partial charge in [0.05, 0.1) is 10.9 Å². The molecule has 0 atom stereocenters. The maximum Gasteiger partial charge on any atom is 0.259 e. The van der Waals surface area contributed by atoms with E-state index in [4.69, 9.17) is 0 Å².